The van der Waals surface area contributed by atoms with E-state index in [1.807, 2.05) is 0 Å². The van der Waals surface area contributed by atoms with Crippen molar-refractivity contribution < 1.29 is 47.9 Å². The molecule has 0 bridgehead atoms. The molecular weight excluding hydrogens is 417 g/mol. The van der Waals surface area contributed by atoms with Crippen molar-refractivity contribution in [2.75, 3.05) is 4.72 Å². The first-order valence-corrected chi connectivity index (χ1v) is 8.24. The van der Waals surface area contributed by atoms with Crippen molar-refractivity contribution in [1.82, 2.24) is 0 Å². The molecule has 2 aromatic rings. The molecule has 0 spiro atoms. The average molecular weight is 425 g/mol. The molecule has 3 nitrogen and oxygen atoms in total. The van der Waals surface area contributed by atoms with E-state index < -0.39 is 39.0 Å². The fourth-order valence-corrected chi connectivity index (χ4v) is 3.03. The molecule has 0 amide bonds. The third-order valence-corrected chi connectivity index (χ3v) is 4.89. The highest BCUT2D eigenvalue weighted by Gasteiger charge is 2.85. The maximum atomic E-state index is 13.6. The van der Waals surface area contributed by atoms with Crippen LogP contribution < -0.4 is 4.72 Å². The van der Waals surface area contributed by atoms with E-state index in [0.29, 0.717) is 5.39 Å². The predicted octanol–water partition coefficient (Wildman–Crippen LogP) is 5.01. The molecule has 0 aliphatic carbocycles. The van der Waals surface area contributed by atoms with Gasteiger partial charge in [-0.1, -0.05) is 30.3 Å². The fourth-order valence-electron chi connectivity index (χ4n) is 2.00. The molecule has 0 radical (unpaired) electrons. The molecule has 0 unspecified atom stereocenters. The van der Waals surface area contributed by atoms with Crippen molar-refractivity contribution in [2.24, 2.45) is 0 Å². The zero-order valence-corrected chi connectivity index (χ0v) is 13.5. The van der Waals surface area contributed by atoms with Crippen molar-refractivity contribution in [1.29, 1.82) is 0 Å². The summed E-state index contributed by atoms with van der Waals surface area (Å²) in [5.74, 6) is -14.6. The van der Waals surface area contributed by atoms with Gasteiger partial charge in [0, 0.05) is 5.69 Å². The van der Waals surface area contributed by atoms with Crippen molar-refractivity contribution in [3.63, 3.8) is 0 Å². The normalized spacial score (nSPS) is 14.4. The summed E-state index contributed by atoms with van der Waals surface area (Å²) < 4.78 is 140. The van der Waals surface area contributed by atoms with Gasteiger partial charge < -0.3 is 0 Å². The van der Waals surface area contributed by atoms with Crippen LogP contribution in [-0.2, 0) is 10.0 Å². The van der Waals surface area contributed by atoms with Crippen LogP contribution in [0.4, 0.5) is 45.2 Å². The van der Waals surface area contributed by atoms with E-state index in [0.717, 1.165) is 16.9 Å². The molecule has 1 N–H and O–H groups in total. The molecule has 0 heterocycles. The standard InChI is InChI=1S/C14H8F9NO2S/c15-11(16,13(19,20)21)12(17,18)14(22,23)27(25,26)24-10-6-5-8-3-1-2-4-9(8)7-10/h1-7,24H. The molecule has 13 heteroatoms. The number of hydrogen-bond acceptors (Lipinski definition) is 2. The van der Waals surface area contributed by atoms with Crippen LogP contribution in [0.15, 0.2) is 42.5 Å². The van der Waals surface area contributed by atoms with Crippen LogP contribution in [-0.4, -0.2) is 31.7 Å². The molecule has 27 heavy (non-hydrogen) atoms. The molecule has 0 atom stereocenters. The van der Waals surface area contributed by atoms with E-state index in [9.17, 15) is 47.9 Å². The van der Waals surface area contributed by atoms with Crippen LogP contribution in [0.1, 0.15) is 0 Å². The lowest BCUT2D eigenvalue weighted by Gasteiger charge is -2.33. The lowest BCUT2D eigenvalue weighted by molar-refractivity contribution is -0.382. The zero-order valence-electron chi connectivity index (χ0n) is 12.7. The maximum absolute atomic E-state index is 13.6. The second kappa shape index (κ2) is 6.17. The molecule has 0 fully saturated rings. The van der Waals surface area contributed by atoms with E-state index in [4.69, 9.17) is 0 Å². The Kier molecular flexibility index (Phi) is 4.83. The summed E-state index contributed by atoms with van der Waals surface area (Å²) in [5.41, 5.74) is -0.737. The molecule has 0 saturated carbocycles. The molecular formula is C14H8F9NO2S. The van der Waals surface area contributed by atoms with E-state index in [2.05, 4.69) is 0 Å². The van der Waals surface area contributed by atoms with Crippen molar-refractivity contribution in [2.45, 2.75) is 23.3 Å². The Hall–Kier alpha value is -2.18. The van der Waals surface area contributed by atoms with Crippen LogP contribution in [0, 0.1) is 0 Å². The van der Waals surface area contributed by atoms with Crippen LogP contribution >= 0.6 is 0 Å². The Morgan fingerprint density at radius 1 is 0.704 bits per heavy atom. The quantitative estimate of drug-likeness (QED) is 0.685. The van der Waals surface area contributed by atoms with Gasteiger partial charge in [-0.05, 0) is 22.9 Å². The smallest absolute Gasteiger partial charge is 0.278 e. The summed E-state index contributed by atoms with van der Waals surface area (Å²) in [6.07, 6.45) is -7.11. The second-order valence-corrected chi connectivity index (χ2v) is 7.05. The number of halogens is 9. The zero-order chi connectivity index (χ0) is 20.9. The number of benzene rings is 2. The topological polar surface area (TPSA) is 46.2 Å². The Balaban J connectivity index is 2.46. The maximum Gasteiger partial charge on any atom is 0.460 e. The summed E-state index contributed by atoms with van der Waals surface area (Å²) in [7, 11) is -6.70. The number of hydrogen-bond donors (Lipinski definition) is 1. The highest BCUT2D eigenvalue weighted by molar-refractivity contribution is 7.93. The minimum atomic E-state index is -7.30. The minimum Gasteiger partial charge on any atom is -0.278 e. The summed E-state index contributed by atoms with van der Waals surface area (Å²) in [6.45, 7) is 0. The number of fused-ring (bicyclic) bond motifs is 1. The lowest BCUT2D eigenvalue weighted by Crippen LogP contribution is -2.64. The summed E-state index contributed by atoms with van der Waals surface area (Å²) in [4.78, 5) is 0. The molecule has 0 aliphatic heterocycles. The summed E-state index contributed by atoms with van der Waals surface area (Å²) in [6, 6.07) is 8.89. The Labute approximate surface area is 145 Å². The second-order valence-electron chi connectivity index (χ2n) is 5.33. The van der Waals surface area contributed by atoms with Gasteiger partial charge >= 0.3 is 33.3 Å². The molecule has 0 saturated heterocycles. The minimum absolute atomic E-state index is 0.258. The molecule has 0 aromatic heterocycles. The third-order valence-electron chi connectivity index (χ3n) is 3.46. The van der Waals surface area contributed by atoms with Crippen LogP contribution in [0.3, 0.4) is 0 Å². The Morgan fingerprint density at radius 2 is 1.22 bits per heavy atom. The van der Waals surface area contributed by atoms with Crippen LogP contribution in [0.2, 0.25) is 0 Å². The van der Waals surface area contributed by atoms with Crippen molar-refractivity contribution in [3.8, 4) is 0 Å². The van der Waals surface area contributed by atoms with Crippen LogP contribution in [0.25, 0.3) is 10.8 Å². The van der Waals surface area contributed by atoms with E-state index >= 15 is 0 Å². The van der Waals surface area contributed by atoms with E-state index in [-0.39, 0.29) is 5.39 Å². The van der Waals surface area contributed by atoms with Gasteiger partial charge in [0.2, 0.25) is 0 Å². The van der Waals surface area contributed by atoms with Gasteiger partial charge in [0.1, 0.15) is 0 Å². The summed E-state index contributed by atoms with van der Waals surface area (Å²) >= 11 is 0. The van der Waals surface area contributed by atoms with Gasteiger partial charge in [0.15, 0.2) is 0 Å². The number of sulfonamides is 1. The molecule has 0 aliphatic rings. The third kappa shape index (κ3) is 3.28. The highest BCUT2D eigenvalue weighted by atomic mass is 32.2. The first-order valence-electron chi connectivity index (χ1n) is 6.76. The number of alkyl halides is 9. The lowest BCUT2D eigenvalue weighted by atomic mass is 10.1. The van der Waals surface area contributed by atoms with Gasteiger partial charge in [0.05, 0.1) is 0 Å². The average Bonchev–Trinajstić information content (AvgIpc) is 2.52. The first kappa shape index (κ1) is 21.1. The Morgan fingerprint density at radius 3 is 1.74 bits per heavy atom. The number of anilines is 1. The van der Waals surface area contributed by atoms with Gasteiger partial charge in [-0.2, -0.15) is 47.9 Å². The fraction of sp³-hybridized carbons (Fsp3) is 0.286. The van der Waals surface area contributed by atoms with Crippen molar-refractivity contribution in [3.05, 3.63) is 42.5 Å². The molecule has 150 valence electrons. The monoisotopic (exact) mass is 425 g/mol. The van der Waals surface area contributed by atoms with Gasteiger partial charge in [0.25, 0.3) is 0 Å². The van der Waals surface area contributed by atoms with Crippen LogP contribution in [0.5, 0.6) is 0 Å². The van der Waals surface area contributed by atoms with E-state index in [1.165, 1.54) is 24.3 Å². The van der Waals surface area contributed by atoms with Gasteiger partial charge in [-0.25, -0.2) is 0 Å². The van der Waals surface area contributed by atoms with E-state index in [1.54, 1.807) is 6.07 Å². The van der Waals surface area contributed by atoms with Gasteiger partial charge in [-0.15, -0.1) is 0 Å². The first-order chi connectivity index (χ1) is 12.0. The predicted molar refractivity (Wildman–Crippen MR) is 77.4 cm³/mol. The van der Waals surface area contributed by atoms with Crippen molar-refractivity contribution >= 4 is 26.5 Å². The van der Waals surface area contributed by atoms with Gasteiger partial charge in [-0.3, -0.25) is 4.72 Å². The summed E-state index contributed by atoms with van der Waals surface area (Å²) in [5, 5.41) is -6.04. The highest BCUT2D eigenvalue weighted by Crippen LogP contribution is 2.54. The molecule has 2 aromatic carbocycles. The Bertz CT molecular complexity index is 954. The largest absolute Gasteiger partial charge is 0.460 e. The number of nitrogens with one attached hydrogen (secondary N) is 1. The number of rotatable bonds is 5. The molecule has 2 rings (SSSR count). The SMILES string of the molecule is O=S(=O)(Nc1ccc2ccccc2c1)C(F)(F)C(F)(F)C(F)(F)C(F)(F)F.